The van der Waals surface area contributed by atoms with E-state index in [-0.39, 0.29) is 22.8 Å². The molecule has 1 amide bonds. The van der Waals surface area contributed by atoms with E-state index < -0.39 is 5.97 Å². The first-order valence-corrected chi connectivity index (χ1v) is 9.35. The fourth-order valence-corrected chi connectivity index (χ4v) is 3.50. The molecule has 0 radical (unpaired) electrons. The number of Topliss-reactive ketones (excluding diaryl/α,β-unsaturated/α-hetero) is 1. The summed E-state index contributed by atoms with van der Waals surface area (Å²) in [5, 5.41) is 0. The number of carbonyl (C=O) groups excluding carboxylic acids is 3. The van der Waals surface area contributed by atoms with Crippen LogP contribution in [0.1, 0.15) is 29.8 Å². The lowest BCUT2D eigenvalue weighted by Crippen LogP contribution is -2.24. The molecule has 0 aromatic heterocycles. The second kappa shape index (κ2) is 7.94. The molecule has 0 fully saturated rings. The van der Waals surface area contributed by atoms with Gasteiger partial charge in [0.2, 0.25) is 0 Å². The van der Waals surface area contributed by atoms with Gasteiger partial charge >= 0.3 is 5.97 Å². The molecule has 5 nitrogen and oxygen atoms in total. The molecule has 0 atom stereocenters. The number of nitrogens with zero attached hydrogens (tertiary/aromatic N) is 1. The number of carbonyl (C=O) groups is 3. The zero-order valence-electron chi connectivity index (χ0n) is 15.7. The van der Waals surface area contributed by atoms with Gasteiger partial charge in [-0.25, -0.2) is 4.79 Å². The second-order valence-corrected chi connectivity index (χ2v) is 7.13. The highest BCUT2D eigenvalue weighted by Crippen LogP contribution is 2.36. The summed E-state index contributed by atoms with van der Waals surface area (Å²) < 4.78 is 5.72. The molecule has 0 N–H and O–H groups in total. The minimum atomic E-state index is -0.589. The number of ketones is 1. The van der Waals surface area contributed by atoms with Crippen LogP contribution in [-0.4, -0.2) is 24.8 Å². The fraction of sp³-hybridized carbons (Fsp3) is 0.136. The van der Waals surface area contributed by atoms with Crippen LogP contribution in [0.2, 0.25) is 0 Å². The fourth-order valence-electron chi connectivity index (χ4n) is 3.10. The van der Waals surface area contributed by atoms with Crippen molar-refractivity contribution in [3.8, 4) is 0 Å². The molecule has 3 rings (SSSR count). The van der Waals surface area contributed by atoms with Gasteiger partial charge in [0.25, 0.3) is 5.91 Å². The lowest BCUT2D eigenvalue weighted by molar-refractivity contribution is -0.136. The third kappa shape index (κ3) is 3.55. The first kappa shape index (κ1) is 19.8. The smallest absolute Gasteiger partial charge is 0.340 e. The number of benzene rings is 2. The van der Waals surface area contributed by atoms with Gasteiger partial charge in [-0.2, -0.15) is 0 Å². The maximum atomic E-state index is 13.3. The molecule has 1 aliphatic rings. The second-order valence-electron chi connectivity index (χ2n) is 6.28. The zero-order chi connectivity index (χ0) is 20.4. The van der Waals surface area contributed by atoms with Crippen LogP contribution in [0.4, 0.5) is 5.69 Å². The maximum Gasteiger partial charge on any atom is 0.340 e. The van der Waals surface area contributed by atoms with Crippen LogP contribution < -0.4 is 4.90 Å². The highest BCUT2D eigenvalue weighted by molar-refractivity contribution is 9.10. The van der Waals surface area contributed by atoms with Gasteiger partial charge in [-0.05, 0) is 43.7 Å². The molecule has 0 saturated carbocycles. The first-order valence-electron chi connectivity index (χ1n) is 8.56. The van der Waals surface area contributed by atoms with Crippen molar-refractivity contribution in [2.45, 2.75) is 13.8 Å². The van der Waals surface area contributed by atoms with Crippen LogP contribution in [0.25, 0.3) is 6.08 Å². The van der Waals surface area contributed by atoms with E-state index in [0.29, 0.717) is 16.9 Å². The Balaban J connectivity index is 2.17. The molecule has 142 valence electrons. The van der Waals surface area contributed by atoms with Crippen molar-refractivity contribution in [1.29, 1.82) is 0 Å². The van der Waals surface area contributed by atoms with Gasteiger partial charge in [0.05, 0.1) is 18.3 Å². The van der Waals surface area contributed by atoms with Crippen molar-refractivity contribution in [2.75, 3.05) is 12.0 Å². The summed E-state index contributed by atoms with van der Waals surface area (Å²) in [6, 6.07) is 14.2. The number of methoxy groups -OCH3 is 1. The molecule has 28 heavy (non-hydrogen) atoms. The van der Waals surface area contributed by atoms with Crippen LogP contribution in [0, 0.1) is 0 Å². The Bertz CT molecular complexity index is 1050. The van der Waals surface area contributed by atoms with Crippen molar-refractivity contribution in [1.82, 2.24) is 0 Å². The normalized spacial score (nSPS) is 15.4. The Morgan fingerprint density at radius 1 is 1.11 bits per heavy atom. The third-order valence-electron chi connectivity index (χ3n) is 4.51. The molecule has 1 heterocycles. The van der Waals surface area contributed by atoms with Crippen LogP contribution in [0.15, 0.2) is 69.8 Å². The minimum absolute atomic E-state index is 0.104. The van der Waals surface area contributed by atoms with E-state index in [4.69, 9.17) is 4.74 Å². The quantitative estimate of drug-likeness (QED) is 0.398. The Morgan fingerprint density at radius 3 is 2.46 bits per heavy atom. The van der Waals surface area contributed by atoms with Gasteiger partial charge in [-0.1, -0.05) is 46.3 Å². The average molecular weight is 440 g/mol. The lowest BCUT2D eigenvalue weighted by atomic mass is 10.0. The Kier molecular flexibility index (Phi) is 5.61. The van der Waals surface area contributed by atoms with Gasteiger partial charge < -0.3 is 4.74 Å². The Morgan fingerprint density at radius 2 is 1.82 bits per heavy atom. The standard InChI is InChI=1S/C22H18BrNO4/c1-13-20(22(27)28-3)18(12-16-7-4-5-10-19(16)23)21(26)24(13)17-9-6-8-15(11-17)14(2)25/h4-12H,1-3H3/b18-12-. The van der Waals surface area contributed by atoms with Crippen LogP contribution >= 0.6 is 15.9 Å². The molecule has 2 aromatic carbocycles. The average Bonchev–Trinajstić information content (AvgIpc) is 2.93. The summed E-state index contributed by atoms with van der Waals surface area (Å²) in [7, 11) is 1.28. The molecule has 0 aliphatic carbocycles. The molecule has 0 saturated heterocycles. The number of hydrogen-bond donors (Lipinski definition) is 0. The molecular formula is C22H18BrNO4. The molecular weight excluding hydrogens is 422 g/mol. The number of hydrogen-bond acceptors (Lipinski definition) is 4. The SMILES string of the molecule is COC(=O)C1=C(C)N(c2cccc(C(C)=O)c2)C(=O)/C1=C\c1ccccc1Br. The van der Waals surface area contributed by atoms with E-state index in [0.717, 1.165) is 10.0 Å². The molecule has 0 unspecified atom stereocenters. The number of amides is 1. The predicted molar refractivity (Wildman–Crippen MR) is 111 cm³/mol. The van der Waals surface area contributed by atoms with Crippen molar-refractivity contribution in [3.05, 3.63) is 81.0 Å². The van der Waals surface area contributed by atoms with E-state index in [9.17, 15) is 14.4 Å². The predicted octanol–water partition coefficient (Wildman–Crippen LogP) is 4.53. The van der Waals surface area contributed by atoms with Crippen molar-refractivity contribution in [2.24, 2.45) is 0 Å². The van der Waals surface area contributed by atoms with Crippen molar-refractivity contribution >= 4 is 45.4 Å². The van der Waals surface area contributed by atoms with E-state index in [1.54, 1.807) is 37.3 Å². The maximum absolute atomic E-state index is 13.3. The highest BCUT2D eigenvalue weighted by Gasteiger charge is 2.38. The lowest BCUT2D eigenvalue weighted by Gasteiger charge is -2.18. The highest BCUT2D eigenvalue weighted by atomic mass is 79.9. The molecule has 1 aliphatic heterocycles. The molecule has 0 spiro atoms. The van der Waals surface area contributed by atoms with Gasteiger partial charge in [-0.15, -0.1) is 0 Å². The van der Waals surface area contributed by atoms with Crippen LogP contribution in [-0.2, 0) is 14.3 Å². The summed E-state index contributed by atoms with van der Waals surface area (Å²) in [4.78, 5) is 38.9. The van der Waals surface area contributed by atoms with E-state index in [2.05, 4.69) is 15.9 Å². The topological polar surface area (TPSA) is 63.7 Å². The zero-order valence-corrected chi connectivity index (χ0v) is 17.2. The van der Waals surface area contributed by atoms with Gasteiger partial charge in [-0.3, -0.25) is 14.5 Å². The van der Waals surface area contributed by atoms with E-state index in [1.165, 1.54) is 18.9 Å². The number of halogens is 1. The number of allylic oxidation sites excluding steroid dienone is 1. The van der Waals surface area contributed by atoms with Crippen molar-refractivity contribution < 1.29 is 19.1 Å². The summed E-state index contributed by atoms with van der Waals surface area (Å²) in [5.41, 5.74) is 2.67. The minimum Gasteiger partial charge on any atom is -0.465 e. The monoisotopic (exact) mass is 439 g/mol. The number of rotatable bonds is 4. The third-order valence-corrected chi connectivity index (χ3v) is 5.23. The summed E-state index contributed by atoms with van der Waals surface area (Å²) in [6.07, 6.45) is 1.66. The van der Waals surface area contributed by atoms with E-state index in [1.807, 2.05) is 24.3 Å². The molecule has 0 bridgehead atoms. The molecule has 2 aromatic rings. The summed E-state index contributed by atoms with van der Waals surface area (Å²) in [5.74, 6) is -1.05. The summed E-state index contributed by atoms with van der Waals surface area (Å²) in [6.45, 7) is 3.15. The number of ether oxygens (including phenoxy) is 1. The van der Waals surface area contributed by atoms with Crippen molar-refractivity contribution in [3.63, 3.8) is 0 Å². The number of esters is 1. The van der Waals surface area contributed by atoms with Gasteiger partial charge in [0.1, 0.15) is 0 Å². The first-order chi connectivity index (χ1) is 13.3. The van der Waals surface area contributed by atoms with Crippen LogP contribution in [0.3, 0.4) is 0 Å². The van der Waals surface area contributed by atoms with E-state index >= 15 is 0 Å². The van der Waals surface area contributed by atoms with Gasteiger partial charge in [0.15, 0.2) is 5.78 Å². The largest absolute Gasteiger partial charge is 0.465 e. The number of anilines is 1. The Labute approximate surface area is 171 Å². The molecule has 6 heteroatoms. The Hall–Kier alpha value is -2.99. The van der Waals surface area contributed by atoms with Crippen LogP contribution in [0.5, 0.6) is 0 Å². The summed E-state index contributed by atoms with van der Waals surface area (Å²) >= 11 is 3.46. The van der Waals surface area contributed by atoms with Gasteiger partial charge in [0, 0.05) is 21.4 Å².